The zero-order chi connectivity index (χ0) is 21.3. The standard InChI is InChI=1S/C23H24N4O3/c1-30-20-4-2-3-16(13-20)14-22(28)26-15-21(24)17-5-7-18(8-6-17)23(29)27-19-9-11-25-12-10-19/h2-13,21H,14-15,24H2,1H3,(H,26,28)(H,25,27,29). The van der Waals surface area contributed by atoms with Crippen LogP contribution >= 0.6 is 0 Å². The molecule has 0 bridgehead atoms. The average Bonchev–Trinajstić information content (AvgIpc) is 2.78. The molecule has 1 atom stereocenters. The third-order valence-corrected chi connectivity index (χ3v) is 4.56. The summed E-state index contributed by atoms with van der Waals surface area (Å²) in [5, 5.41) is 5.65. The minimum Gasteiger partial charge on any atom is -0.497 e. The third kappa shape index (κ3) is 5.89. The molecule has 1 aromatic heterocycles. The first-order valence-corrected chi connectivity index (χ1v) is 9.51. The number of nitrogens with zero attached hydrogens (tertiary/aromatic N) is 1. The van der Waals surface area contributed by atoms with Crippen molar-refractivity contribution in [3.05, 3.63) is 89.7 Å². The molecular weight excluding hydrogens is 380 g/mol. The van der Waals surface area contributed by atoms with Gasteiger partial charge in [-0.05, 0) is 47.5 Å². The molecule has 0 radical (unpaired) electrons. The second kappa shape index (κ2) is 10.2. The summed E-state index contributed by atoms with van der Waals surface area (Å²) >= 11 is 0. The number of hydrogen-bond acceptors (Lipinski definition) is 5. The van der Waals surface area contributed by atoms with Gasteiger partial charge < -0.3 is 21.1 Å². The molecule has 2 aromatic carbocycles. The number of benzene rings is 2. The van der Waals surface area contributed by atoms with Gasteiger partial charge in [-0.2, -0.15) is 0 Å². The summed E-state index contributed by atoms with van der Waals surface area (Å²) in [5.41, 5.74) is 9.08. The summed E-state index contributed by atoms with van der Waals surface area (Å²) in [6.45, 7) is 0.297. The smallest absolute Gasteiger partial charge is 0.255 e. The van der Waals surface area contributed by atoms with E-state index in [9.17, 15) is 9.59 Å². The number of ether oxygens (including phenoxy) is 1. The normalized spacial score (nSPS) is 11.4. The molecule has 7 nitrogen and oxygen atoms in total. The van der Waals surface area contributed by atoms with E-state index in [2.05, 4.69) is 15.6 Å². The molecule has 1 heterocycles. The van der Waals surface area contributed by atoms with Gasteiger partial charge in [-0.1, -0.05) is 24.3 Å². The minimum atomic E-state index is -0.378. The Morgan fingerprint density at radius 2 is 1.80 bits per heavy atom. The first kappa shape index (κ1) is 21.0. The molecule has 154 valence electrons. The van der Waals surface area contributed by atoms with Crippen molar-refractivity contribution >= 4 is 17.5 Å². The van der Waals surface area contributed by atoms with E-state index >= 15 is 0 Å². The quantitative estimate of drug-likeness (QED) is 0.535. The van der Waals surface area contributed by atoms with Crippen LogP contribution in [0.15, 0.2) is 73.1 Å². The molecule has 2 amide bonds. The highest BCUT2D eigenvalue weighted by molar-refractivity contribution is 6.04. The number of carbonyl (C=O) groups excluding carboxylic acids is 2. The number of aromatic nitrogens is 1. The molecule has 0 spiro atoms. The van der Waals surface area contributed by atoms with Crippen molar-refractivity contribution in [2.24, 2.45) is 5.73 Å². The van der Waals surface area contributed by atoms with Gasteiger partial charge in [0.05, 0.1) is 13.5 Å². The van der Waals surface area contributed by atoms with E-state index in [1.807, 2.05) is 24.3 Å². The molecule has 4 N–H and O–H groups in total. The number of pyridine rings is 1. The van der Waals surface area contributed by atoms with Crippen molar-refractivity contribution in [3.8, 4) is 5.75 Å². The van der Waals surface area contributed by atoms with Crippen LogP contribution in [0.2, 0.25) is 0 Å². The van der Waals surface area contributed by atoms with Crippen molar-refractivity contribution in [2.75, 3.05) is 19.0 Å². The number of hydrogen-bond donors (Lipinski definition) is 3. The van der Waals surface area contributed by atoms with Crippen LogP contribution in [0.3, 0.4) is 0 Å². The number of nitrogens with one attached hydrogen (secondary N) is 2. The maximum Gasteiger partial charge on any atom is 0.255 e. The summed E-state index contributed by atoms with van der Waals surface area (Å²) in [4.78, 5) is 28.4. The van der Waals surface area contributed by atoms with E-state index in [1.165, 1.54) is 0 Å². The summed E-state index contributed by atoms with van der Waals surface area (Å²) in [5.74, 6) is 0.380. The van der Waals surface area contributed by atoms with Gasteiger partial charge >= 0.3 is 0 Å². The van der Waals surface area contributed by atoms with Crippen LogP contribution in [-0.2, 0) is 11.2 Å². The Balaban J connectivity index is 1.51. The molecule has 0 aliphatic carbocycles. The predicted octanol–water partition coefficient (Wildman–Crippen LogP) is 2.70. The third-order valence-electron chi connectivity index (χ3n) is 4.56. The van der Waals surface area contributed by atoms with Crippen molar-refractivity contribution < 1.29 is 14.3 Å². The van der Waals surface area contributed by atoms with Gasteiger partial charge in [0, 0.05) is 36.2 Å². The lowest BCUT2D eigenvalue weighted by Crippen LogP contribution is -2.32. The summed E-state index contributed by atoms with van der Waals surface area (Å²) in [6.07, 6.45) is 3.47. The van der Waals surface area contributed by atoms with Gasteiger partial charge in [0.25, 0.3) is 5.91 Å². The molecule has 0 saturated heterocycles. The lowest BCUT2D eigenvalue weighted by molar-refractivity contribution is -0.120. The fourth-order valence-electron chi connectivity index (χ4n) is 2.89. The monoisotopic (exact) mass is 404 g/mol. The molecule has 0 saturated carbocycles. The molecule has 30 heavy (non-hydrogen) atoms. The number of methoxy groups -OCH3 is 1. The Hall–Kier alpha value is -3.71. The largest absolute Gasteiger partial charge is 0.497 e. The van der Waals surface area contributed by atoms with Crippen LogP contribution in [0.4, 0.5) is 5.69 Å². The zero-order valence-corrected chi connectivity index (χ0v) is 16.7. The van der Waals surface area contributed by atoms with E-state index in [-0.39, 0.29) is 24.3 Å². The van der Waals surface area contributed by atoms with Crippen LogP contribution in [0.25, 0.3) is 0 Å². The van der Waals surface area contributed by atoms with Gasteiger partial charge in [-0.3, -0.25) is 14.6 Å². The Bertz CT molecular complexity index is 991. The Kier molecular flexibility index (Phi) is 7.13. The van der Waals surface area contributed by atoms with Gasteiger partial charge in [-0.15, -0.1) is 0 Å². The fourth-order valence-corrected chi connectivity index (χ4v) is 2.89. The summed E-state index contributed by atoms with van der Waals surface area (Å²) < 4.78 is 5.17. The lowest BCUT2D eigenvalue weighted by Gasteiger charge is -2.14. The fraction of sp³-hybridized carbons (Fsp3) is 0.174. The highest BCUT2D eigenvalue weighted by atomic mass is 16.5. The summed E-state index contributed by atoms with van der Waals surface area (Å²) in [6, 6.07) is 17.4. The highest BCUT2D eigenvalue weighted by Gasteiger charge is 2.11. The highest BCUT2D eigenvalue weighted by Crippen LogP contribution is 2.15. The Labute approximate surface area is 175 Å². The lowest BCUT2D eigenvalue weighted by atomic mass is 10.0. The average molecular weight is 404 g/mol. The zero-order valence-electron chi connectivity index (χ0n) is 16.7. The van der Waals surface area contributed by atoms with Gasteiger partial charge in [-0.25, -0.2) is 0 Å². The molecule has 0 fully saturated rings. The van der Waals surface area contributed by atoms with E-state index in [0.717, 1.165) is 11.1 Å². The molecule has 3 rings (SSSR count). The maximum atomic E-state index is 12.3. The van der Waals surface area contributed by atoms with Crippen LogP contribution < -0.4 is 21.1 Å². The number of carbonyl (C=O) groups is 2. The number of rotatable bonds is 8. The molecule has 0 aliphatic heterocycles. The maximum absolute atomic E-state index is 12.3. The van der Waals surface area contributed by atoms with Gasteiger partial charge in [0.15, 0.2) is 0 Å². The topological polar surface area (TPSA) is 106 Å². The molecule has 7 heteroatoms. The molecule has 0 aliphatic rings. The van der Waals surface area contributed by atoms with E-state index in [4.69, 9.17) is 10.5 Å². The Morgan fingerprint density at radius 3 is 2.50 bits per heavy atom. The van der Waals surface area contributed by atoms with Crippen LogP contribution in [0.1, 0.15) is 27.5 Å². The van der Waals surface area contributed by atoms with E-state index < -0.39 is 0 Å². The number of anilines is 1. The van der Waals surface area contributed by atoms with Crippen molar-refractivity contribution in [3.63, 3.8) is 0 Å². The van der Waals surface area contributed by atoms with Crippen LogP contribution in [0, 0.1) is 0 Å². The molecule has 1 unspecified atom stereocenters. The SMILES string of the molecule is COc1cccc(CC(=O)NCC(N)c2ccc(C(=O)Nc3ccncc3)cc2)c1. The predicted molar refractivity (Wildman–Crippen MR) is 115 cm³/mol. The Morgan fingerprint density at radius 1 is 1.07 bits per heavy atom. The minimum absolute atomic E-state index is 0.118. The first-order chi connectivity index (χ1) is 14.5. The van der Waals surface area contributed by atoms with Gasteiger partial charge in [0.1, 0.15) is 5.75 Å². The van der Waals surface area contributed by atoms with Crippen LogP contribution in [0.5, 0.6) is 5.75 Å². The van der Waals surface area contributed by atoms with E-state index in [0.29, 0.717) is 23.5 Å². The second-order valence-electron chi connectivity index (χ2n) is 6.75. The van der Waals surface area contributed by atoms with E-state index in [1.54, 1.807) is 55.9 Å². The second-order valence-corrected chi connectivity index (χ2v) is 6.75. The molecule has 3 aromatic rings. The van der Waals surface area contributed by atoms with Crippen molar-refractivity contribution in [2.45, 2.75) is 12.5 Å². The summed E-state index contributed by atoms with van der Waals surface area (Å²) in [7, 11) is 1.59. The van der Waals surface area contributed by atoms with Crippen molar-refractivity contribution in [1.29, 1.82) is 0 Å². The van der Waals surface area contributed by atoms with Crippen molar-refractivity contribution in [1.82, 2.24) is 10.3 Å². The van der Waals surface area contributed by atoms with Crippen LogP contribution in [-0.4, -0.2) is 30.5 Å². The number of amides is 2. The first-order valence-electron chi connectivity index (χ1n) is 9.51. The molecular formula is C23H24N4O3. The number of nitrogens with two attached hydrogens (primary N) is 1. The van der Waals surface area contributed by atoms with Gasteiger partial charge in [0.2, 0.25) is 5.91 Å².